The summed E-state index contributed by atoms with van der Waals surface area (Å²) in [5.74, 6) is 2.29. The van der Waals surface area contributed by atoms with E-state index in [1.54, 1.807) is 0 Å². The minimum absolute atomic E-state index is 0.0961. The Balaban J connectivity index is 2.05. The Kier molecular flexibility index (Phi) is 5.22. The normalized spacial score (nSPS) is 23.0. The molecule has 2 N–H and O–H groups in total. The van der Waals surface area contributed by atoms with E-state index in [1.165, 1.54) is 5.75 Å². The number of halogens is 2. The predicted molar refractivity (Wildman–Crippen MR) is 81.9 cm³/mol. The maximum Gasteiger partial charge on any atom is 0.0439 e. The Morgan fingerprint density at radius 1 is 1.50 bits per heavy atom. The molecule has 0 bridgehead atoms. The van der Waals surface area contributed by atoms with Crippen molar-refractivity contribution < 1.29 is 0 Å². The Bertz CT molecular complexity index is 414. The van der Waals surface area contributed by atoms with Crippen LogP contribution in [0.4, 0.5) is 0 Å². The quantitative estimate of drug-likeness (QED) is 0.931. The molecule has 0 radical (unpaired) electrons. The fourth-order valence-electron chi connectivity index (χ4n) is 2.25. The van der Waals surface area contributed by atoms with Gasteiger partial charge in [0.05, 0.1) is 0 Å². The van der Waals surface area contributed by atoms with Gasteiger partial charge in [0.2, 0.25) is 0 Å². The van der Waals surface area contributed by atoms with E-state index in [0.29, 0.717) is 11.1 Å². The lowest BCUT2D eigenvalue weighted by molar-refractivity contribution is 0.235. The fourth-order valence-corrected chi connectivity index (χ4v) is 3.96. The zero-order valence-electron chi connectivity index (χ0n) is 10.4. The van der Waals surface area contributed by atoms with Crippen LogP contribution in [-0.2, 0) is 6.42 Å². The molecule has 100 valence electrons. The molecule has 2 rings (SSSR count). The molecular formula is C13H18Cl2N2S. The lowest BCUT2D eigenvalue weighted by atomic mass is 10.00. The van der Waals surface area contributed by atoms with Crippen LogP contribution in [0.15, 0.2) is 18.2 Å². The van der Waals surface area contributed by atoms with Crippen molar-refractivity contribution in [3.05, 3.63) is 33.8 Å². The molecular weight excluding hydrogens is 287 g/mol. The monoisotopic (exact) mass is 304 g/mol. The summed E-state index contributed by atoms with van der Waals surface area (Å²) in [4.78, 5) is 2.35. The van der Waals surface area contributed by atoms with Gasteiger partial charge >= 0.3 is 0 Å². The Morgan fingerprint density at radius 2 is 2.28 bits per heavy atom. The van der Waals surface area contributed by atoms with Crippen LogP contribution in [0.2, 0.25) is 10.0 Å². The van der Waals surface area contributed by atoms with E-state index in [-0.39, 0.29) is 6.04 Å². The number of likely N-dealkylation sites (N-methyl/N-ethyl adjacent to an activating group) is 1. The van der Waals surface area contributed by atoms with Crippen LogP contribution in [0.3, 0.4) is 0 Å². The number of rotatable bonds is 3. The smallest absolute Gasteiger partial charge is 0.0439 e. The third-order valence-corrected chi connectivity index (χ3v) is 5.05. The van der Waals surface area contributed by atoms with E-state index in [9.17, 15) is 0 Å². The number of nitrogens with two attached hydrogens (primary N) is 1. The molecule has 1 aromatic carbocycles. The summed E-state index contributed by atoms with van der Waals surface area (Å²) < 4.78 is 0. The van der Waals surface area contributed by atoms with E-state index in [4.69, 9.17) is 28.9 Å². The van der Waals surface area contributed by atoms with Crippen LogP contribution in [0.1, 0.15) is 5.56 Å². The summed E-state index contributed by atoms with van der Waals surface area (Å²) in [7, 11) is 2.14. The number of hydrogen-bond acceptors (Lipinski definition) is 3. The lowest BCUT2D eigenvalue weighted by Crippen LogP contribution is -2.51. The van der Waals surface area contributed by atoms with Gasteiger partial charge in [-0.1, -0.05) is 23.2 Å². The Morgan fingerprint density at radius 3 is 3.00 bits per heavy atom. The van der Waals surface area contributed by atoms with Crippen molar-refractivity contribution in [2.45, 2.75) is 18.5 Å². The van der Waals surface area contributed by atoms with Gasteiger partial charge in [0.15, 0.2) is 0 Å². The second-order valence-corrected chi connectivity index (χ2v) is 6.72. The molecule has 1 aliphatic rings. The highest BCUT2D eigenvalue weighted by atomic mass is 35.5. The van der Waals surface area contributed by atoms with Crippen molar-refractivity contribution in [1.29, 1.82) is 0 Å². The van der Waals surface area contributed by atoms with Gasteiger partial charge in [-0.3, -0.25) is 0 Å². The largest absolute Gasteiger partial charge is 0.326 e. The van der Waals surface area contributed by atoms with Gasteiger partial charge in [-0.05, 0) is 37.2 Å². The molecule has 1 heterocycles. The van der Waals surface area contributed by atoms with E-state index < -0.39 is 0 Å². The molecule has 1 saturated heterocycles. The molecule has 1 fully saturated rings. The standard InChI is InChI=1S/C13H18Cl2N2S/c1-17-4-5-18-8-13(17)12(16)7-9-6-10(14)2-3-11(9)15/h2-3,6,12-13H,4-5,7-8,16H2,1H3. The molecule has 0 spiro atoms. The second-order valence-electron chi connectivity index (χ2n) is 4.73. The summed E-state index contributed by atoms with van der Waals surface area (Å²) in [6.45, 7) is 1.10. The average Bonchev–Trinajstić information content (AvgIpc) is 2.34. The van der Waals surface area contributed by atoms with Crippen molar-refractivity contribution in [3.8, 4) is 0 Å². The minimum atomic E-state index is 0.0961. The van der Waals surface area contributed by atoms with E-state index in [2.05, 4.69) is 11.9 Å². The molecule has 0 amide bonds. The zero-order valence-corrected chi connectivity index (χ0v) is 12.7. The number of nitrogens with zero attached hydrogens (tertiary/aromatic N) is 1. The van der Waals surface area contributed by atoms with E-state index in [0.717, 1.165) is 29.3 Å². The first-order valence-electron chi connectivity index (χ1n) is 6.05. The summed E-state index contributed by atoms with van der Waals surface area (Å²) >= 11 is 14.2. The van der Waals surface area contributed by atoms with Crippen molar-refractivity contribution >= 4 is 35.0 Å². The van der Waals surface area contributed by atoms with Gasteiger partial charge < -0.3 is 10.6 Å². The maximum atomic E-state index is 6.33. The number of benzene rings is 1. The zero-order chi connectivity index (χ0) is 13.1. The van der Waals surface area contributed by atoms with Gasteiger partial charge in [0, 0.05) is 40.2 Å². The van der Waals surface area contributed by atoms with Crippen molar-refractivity contribution in [1.82, 2.24) is 4.90 Å². The molecule has 5 heteroatoms. The molecule has 18 heavy (non-hydrogen) atoms. The van der Waals surface area contributed by atoms with E-state index in [1.807, 2.05) is 30.0 Å². The molecule has 1 aliphatic heterocycles. The number of hydrogen-bond donors (Lipinski definition) is 1. The average molecular weight is 305 g/mol. The highest BCUT2D eigenvalue weighted by molar-refractivity contribution is 7.99. The van der Waals surface area contributed by atoms with Crippen LogP contribution in [0.25, 0.3) is 0 Å². The van der Waals surface area contributed by atoms with Crippen LogP contribution < -0.4 is 5.73 Å². The summed E-state index contributed by atoms with van der Waals surface area (Å²) in [6, 6.07) is 6.07. The first-order valence-corrected chi connectivity index (χ1v) is 7.96. The topological polar surface area (TPSA) is 29.3 Å². The SMILES string of the molecule is CN1CCSCC1C(N)Cc1cc(Cl)ccc1Cl. The Hall–Kier alpha value is 0.0700. The molecule has 2 unspecified atom stereocenters. The lowest BCUT2D eigenvalue weighted by Gasteiger charge is -2.36. The van der Waals surface area contributed by atoms with Crippen molar-refractivity contribution in [2.75, 3.05) is 25.1 Å². The van der Waals surface area contributed by atoms with Crippen LogP contribution in [0.5, 0.6) is 0 Å². The van der Waals surface area contributed by atoms with Crippen LogP contribution in [0, 0.1) is 0 Å². The minimum Gasteiger partial charge on any atom is -0.326 e. The van der Waals surface area contributed by atoms with Crippen LogP contribution in [-0.4, -0.2) is 42.1 Å². The highest BCUT2D eigenvalue weighted by Gasteiger charge is 2.25. The molecule has 2 nitrogen and oxygen atoms in total. The summed E-state index contributed by atoms with van der Waals surface area (Å²) in [5.41, 5.74) is 7.38. The predicted octanol–water partition coefficient (Wildman–Crippen LogP) is 2.91. The van der Waals surface area contributed by atoms with Gasteiger partial charge in [0.1, 0.15) is 0 Å². The summed E-state index contributed by atoms with van der Waals surface area (Å²) in [5, 5.41) is 1.47. The molecule has 1 aromatic rings. The molecule has 0 aliphatic carbocycles. The third kappa shape index (κ3) is 3.55. The van der Waals surface area contributed by atoms with Crippen molar-refractivity contribution in [2.24, 2.45) is 5.73 Å². The van der Waals surface area contributed by atoms with Crippen molar-refractivity contribution in [3.63, 3.8) is 0 Å². The Labute approximate surface area is 123 Å². The van der Waals surface area contributed by atoms with Gasteiger partial charge in [0.25, 0.3) is 0 Å². The molecule has 0 saturated carbocycles. The maximum absolute atomic E-state index is 6.33. The van der Waals surface area contributed by atoms with Gasteiger partial charge in [-0.2, -0.15) is 11.8 Å². The second kappa shape index (κ2) is 6.49. The van der Waals surface area contributed by atoms with Gasteiger partial charge in [-0.15, -0.1) is 0 Å². The van der Waals surface area contributed by atoms with Gasteiger partial charge in [-0.25, -0.2) is 0 Å². The summed E-state index contributed by atoms with van der Waals surface area (Å²) in [6.07, 6.45) is 0.773. The highest BCUT2D eigenvalue weighted by Crippen LogP contribution is 2.24. The molecule has 2 atom stereocenters. The fraction of sp³-hybridized carbons (Fsp3) is 0.538. The molecule has 0 aromatic heterocycles. The number of thioether (sulfide) groups is 1. The first-order chi connectivity index (χ1) is 8.58. The first kappa shape index (κ1) is 14.5. The third-order valence-electron chi connectivity index (χ3n) is 3.40. The van der Waals surface area contributed by atoms with Crippen LogP contribution >= 0.6 is 35.0 Å². The van der Waals surface area contributed by atoms with E-state index >= 15 is 0 Å².